The normalized spacial score (nSPS) is 15.2. The van der Waals surface area contributed by atoms with Gasteiger partial charge in [0.05, 0.1) is 26.4 Å². The minimum Gasteiger partial charge on any atom is -0.468 e. The second kappa shape index (κ2) is 61.7. The summed E-state index contributed by atoms with van der Waals surface area (Å²) in [5, 5.41) is 3.16. The number of esters is 2. The molecule has 76 heavy (non-hydrogen) atoms. The summed E-state index contributed by atoms with van der Waals surface area (Å²) in [5.74, 6) is 0.259. The van der Waals surface area contributed by atoms with Gasteiger partial charge in [-0.2, -0.15) is 0 Å². The third kappa shape index (κ3) is 56.2. The molecule has 2 saturated heterocycles. The first-order chi connectivity index (χ1) is 37.0. The van der Waals surface area contributed by atoms with Crippen molar-refractivity contribution in [2.45, 2.75) is 319 Å². The standard InChI is InChI=1S/C26H47NO4.C18H36O2.C15H30O2.C4H9NO.C2H6/c1-6-8-9-10-13-16-19-30-25(29)23-20-22(31-24(28)7-2)21-27(23)18-15-12-11-14-17-26(3,4)5;1-3-5-7-9-11-13-15-18(20-17-19)16-14-12-10-8-6-4-2;1-3-5-7-10-15(11-8-6-4-2)12-9-13-17-14-16;1-3-6-4-2-5-1;1-2/h7,22-23H,2,6,8-21H2,1,3-5H3;17-18H,3-16H2,1-2H3;14-15H,3-13H2,1-2H3;5H,1-4H2;1-2H3. The molecular weight excluding hydrogens is 953 g/mol. The van der Waals surface area contributed by atoms with Crippen LogP contribution in [-0.2, 0) is 42.9 Å². The van der Waals surface area contributed by atoms with Gasteiger partial charge in [0, 0.05) is 32.1 Å². The number of carbonyl (C=O) groups is 4. The third-order valence-electron chi connectivity index (χ3n) is 14.2. The number of hydrogen-bond acceptors (Lipinski definition) is 11. The van der Waals surface area contributed by atoms with E-state index in [-0.39, 0.29) is 24.2 Å². The summed E-state index contributed by atoms with van der Waals surface area (Å²) in [6.45, 7) is 33.1. The van der Waals surface area contributed by atoms with E-state index in [0.29, 0.717) is 44.5 Å². The number of carbonyl (C=O) groups excluding carboxylic acids is 4. The molecule has 11 nitrogen and oxygen atoms in total. The fraction of sp³-hybridized carbons (Fsp3) is 0.908. The molecular formula is C65H128N2O9. The highest BCUT2D eigenvalue weighted by Crippen LogP contribution is 2.26. The topological polar surface area (TPSA) is 130 Å². The van der Waals surface area contributed by atoms with Gasteiger partial charge in [0.2, 0.25) is 0 Å². The second-order valence-corrected chi connectivity index (χ2v) is 22.5. The molecule has 0 spiro atoms. The lowest BCUT2D eigenvalue weighted by atomic mass is 9.89. The monoisotopic (exact) mass is 1080 g/mol. The van der Waals surface area contributed by atoms with Crippen molar-refractivity contribution < 1.29 is 42.9 Å². The number of nitrogens with one attached hydrogen (secondary N) is 1. The molecule has 0 aromatic rings. The Bertz CT molecular complexity index is 1190. The summed E-state index contributed by atoms with van der Waals surface area (Å²) in [7, 11) is 0. The zero-order chi connectivity index (χ0) is 57.0. The van der Waals surface area contributed by atoms with Crippen LogP contribution in [0, 0.1) is 11.3 Å². The Kier molecular flexibility index (Phi) is 63.1. The molecule has 2 heterocycles. The largest absolute Gasteiger partial charge is 0.468 e. The summed E-state index contributed by atoms with van der Waals surface area (Å²) in [4.78, 5) is 47.1. The van der Waals surface area contributed by atoms with E-state index in [9.17, 15) is 19.2 Å². The number of unbranched alkanes of at least 4 members (excludes halogenated alkanes) is 22. The first kappa shape index (κ1) is 77.7. The van der Waals surface area contributed by atoms with E-state index in [4.69, 9.17) is 23.7 Å². The van der Waals surface area contributed by atoms with E-state index in [2.05, 4.69) is 72.2 Å². The van der Waals surface area contributed by atoms with Gasteiger partial charge in [-0.25, -0.2) is 4.79 Å². The van der Waals surface area contributed by atoms with Gasteiger partial charge in [0.15, 0.2) is 0 Å². The van der Waals surface area contributed by atoms with Crippen LogP contribution in [0.15, 0.2) is 12.7 Å². The predicted octanol–water partition coefficient (Wildman–Crippen LogP) is 17.4. The minimum absolute atomic E-state index is 0.168. The first-order valence-corrected chi connectivity index (χ1v) is 32.1. The fourth-order valence-corrected chi connectivity index (χ4v) is 9.61. The van der Waals surface area contributed by atoms with Crippen molar-refractivity contribution in [3.8, 4) is 0 Å². The van der Waals surface area contributed by atoms with Crippen LogP contribution in [0.5, 0.6) is 0 Å². The average molecular weight is 1080 g/mol. The van der Waals surface area contributed by atoms with Crippen molar-refractivity contribution in [2.75, 3.05) is 52.6 Å². The van der Waals surface area contributed by atoms with E-state index in [1.54, 1.807) is 0 Å². The molecule has 2 fully saturated rings. The van der Waals surface area contributed by atoms with Gasteiger partial charge in [0.1, 0.15) is 18.2 Å². The zero-order valence-corrected chi connectivity index (χ0v) is 52.0. The molecule has 0 saturated carbocycles. The Morgan fingerprint density at radius 2 is 1.07 bits per heavy atom. The van der Waals surface area contributed by atoms with Crippen molar-refractivity contribution in [1.82, 2.24) is 10.2 Å². The molecule has 2 atom stereocenters. The van der Waals surface area contributed by atoms with Crippen LogP contribution in [0.4, 0.5) is 0 Å². The smallest absolute Gasteiger partial charge is 0.330 e. The quantitative estimate of drug-likeness (QED) is 0.0206. The Hall–Kier alpha value is -2.50. The lowest BCUT2D eigenvalue weighted by Gasteiger charge is -2.22. The van der Waals surface area contributed by atoms with E-state index in [0.717, 1.165) is 83.7 Å². The fourth-order valence-electron chi connectivity index (χ4n) is 9.61. The SMILES string of the molecule is C1COCCN1.C=CC(=O)OC1CC(C(=O)OCCCCCCCC)N(CCCCCCC(C)(C)C)C1.CC.CCCCCC(CCCCC)CCCOC=O.CCCCCCCCC(CCCCCCCC)OC=O. The number of nitrogens with zero attached hydrogens (tertiary/aromatic N) is 1. The molecule has 1 N–H and O–H groups in total. The molecule has 0 bridgehead atoms. The molecule has 0 radical (unpaired) electrons. The second-order valence-electron chi connectivity index (χ2n) is 22.5. The summed E-state index contributed by atoms with van der Waals surface area (Å²) in [6.07, 6.45) is 45.3. The van der Waals surface area contributed by atoms with Crippen LogP contribution in [0.1, 0.15) is 300 Å². The van der Waals surface area contributed by atoms with Crippen LogP contribution in [-0.4, -0.2) is 101 Å². The molecule has 11 heteroatoms. The van der Waals surface area contributed by atoms with Gasteiger partial charge in [-0.1, -0.05) is 243 Å². The van der Waals surface area contributed by atoms with Crippen LogP contribution in [0.25, 0.3) is 0 Å². The minimum atomic E-state index is -0.423. The lowest BCUT2D eigenvalue weighted by molar-refractivity contribution is -0.149. The maximum Gasteiger partial charge on any atom is 0.330 e. The number of ether oxygens (including phenoxy) is 5. The van der Waals surface area contributed by atoms with Gasteiger partial charge >= 0.3 is 11.9 Å². The van der Waals surface area contributed by atoms with E-state index in [1.165, 1.54) is 186 Å². The van der Waals surface area contributed by atoms with E-state index < -0.39 is 5.97 Å². The molecule has 0 amide bonds. The molecule has 2 unspecified atom stereocenters. The highest BCUT2D eigenvalue weighted by Gasteiger charge is 2.39. The van der Waals surface area contributed by atoms with Crippen LogP contribution in [0.3, 0.4) is 0 Å². The Labute approximate surface area is 471 Å². The van der Waals surface area contributed by atoms with Gasteiger partial charge in [0.25, 0.3) is 12.9 Å². The Morgan fingerprint density at radius 1 is 0.605 bits per heavy atom. The van der Waals surface area contributed by atoms with Gasteiger partial charge in [-0.15, -0.1) is 0 Å². The van der Waals surface area contributed by atoms with Crippen molar-refractivity contribution >= 4 is 24.9 Å². The summed E-state index contributed by atoms with van der Waals surface area (Å²) < 4.78 is 26.0. The highest BCUT2D eigenvalue weighted by molar-refractivity contribution is 5.81. The van der Waals surface area contributed by atoms with E-state index >= 15 is 0 Å². The number of likely N-dealkylation sites (tertiary alicyclic amines) is 1. The summed E-state index contributed by atoms with van der Waals surface area (Å²) in [5.41, 5.74) is 0.391. The average Bonchev–Trinajstić information content (AvgIpc) is 3.83. The number of rotatable bonds is 45. The Morgan fingerprint density at radius 3 is 1.53 bits per heavy atom. The maximum atomic E-state index is 12.7. The van der Waals surface area contributed by atoms with Gasteiger partial charge in [-0.3, -0.25) is 19.3 Å². The Balaban J connectivity index is -0.00000102. The van der Waals surface area contributed by atoms with Crippen molar-refractivity contribution in [1.29, 1.82) is 0 Å². The van der Waals surface area contributed by atoms with Crippen molar-refractivity contribution in [3.05, 3.63) is 12.7 Å². The maximum absolute atomic E-state index is 12.7. The van der Waals surface area contributed by atoms with Crippen LogP contribution >= 0.6 is 0 Å². The lowest BCUT2D eigenvalue weighted by Crippen LogP contribution is -2.38. The third-order valence-corrected chi connectivity index (χ3v) is 14.2. The highest BCUT2D eigenvalue weighted by atomic mass is 16.6. The molecule has 452 valence electrons. The molecule has 0 aliphatic carbocycles. The number of morpholine rings is 1. The summed E-state index contributed by atoms with van der Waals surface area (Å²) in [6, 6.07) is -0.308. The number of hydrogen-bond donors (Lipinski definition) is 1. The van der Waals surface area contributed by atoms with Crippen molar-refractivity contribution in [2.24, 2.45) is 11.3 Å². The molecule has 2 rings (SSSR count). The molecule has 0 aromatic carbocycles. The summed E-state index contributed by atoms with van der Waals surface area (Å²) >= 11 is 0. The predicted molar refractivity (Wildman–Crippen MR) is 322 cm³/mol. The molecule has 0 aromatic heterocycles. The van der Waals surface area contributed by atoms with E-state index in [1.807, 2.05) is 13.8 Å². The molecule has 2 aliphatic rings. The first-order valence-electron chi connectivity index (χ1n) is 32.1. The van der Waals surface area contributed by atoms with Crippen LogP contribution < -0.4 is 5.32 Å². The van der Waals surface area contributed by atoms with Crippen molar-refractivity contribution in [3.63, 3.8) is 0 Å². The molecule has 2 aliphatic heterocycles. The van der Waals surface area contributed by atoms with Crippen LogP contribution in [0.2, 0.25) is 0 Å². The van der Waals surface area contributed by atoms with Gasteiger partial charge < -0.3 is 29.0 Å². The zero-order valence-electron chi connectivity index (χ0n) is 52.0. The van der Waals surface area contributed by atoms with Gasteiger partial charge in [-0.05, 0) is 75.7 Å².